The molecule has 30 heavy (non-hydrogen) atoms. The first kappa shape index (κ1) is 22.0. The number of para-hydroxylation sites is 1. The highest BCUT2D eigenvalue weighted by molar-refractivity contribution is 7.89. The monoisotopic (exact) mass is 430 g/mol. The lowest BCUT2D eigenvalue weighted by Crippen LogP contribution is -2.37. The SMILES string of the molecule is C[C@H](OC(=O)c1cccc(S(=O)(=O)N2CCCCC2)c1)C(=O)N(C)c1ccccc1. The lowest BCUT2D eigenvalue weighted by atomic mass is 10.2. The number of nitrogens with zero attached hydrogens (tertiary/aromatic N) is 2. The number of hydrogen-bond donors (Lipinski definition) is 0. The molecule has 8 heteroatoms. The summed E-state index contributed by atoms with van der Waals surface area (Å²) in [6, 6.07) is 14.8. The molecule has 1 heterocycles. The maximum Gasteiger partial charge on any atom is 0.338 e. The van der Waals surface area contributed by atoms with Crippen LogP contribution < -0.4 is 4.90 Å². The first-order valence-corrected chi connectivity index (χ1v) is 11.4. The van der Waals surface area contributed by atoms with E-state index in [9.17, 15) is 18.0 Å². The number of benzene rings is 2. The Labute approximate surface area is 177 Å². The number of likely N-dealkylation sites (N-methyl/N-ethyl adjacent to an activating group) is 1. The highest BCUT2D eigenvalue weighted by Gasteiger charge is 2.28. The van der Waals surface area contributed by atoms with Crippen LogP contribution in [0.15, 0.2) is 59.5 Å². The number of ether oxygens (including phenoxy) is 1. The van der Waals surface area contributed by atoms with Gasteiger partial charge in [-0.3, -0.25) is 4.79 Å². The number of sulfonamides is 1. The fourth-order valence-electron chi connectivity index (χ4n) is 3.37. The van der Waals surface area contributed by atoms with Gasteiger partial charge in [-0.25, -0.2) is 13.2 Å². The quantitative estimate of drug-likeness (QED) is 0.658. The molecule has 0 spiro atoms. The smallest absolute Gasteiger partial charge is 0.338 e. The molecule has 0 saturated carbocycles. The standard InChI is InChI=1S/C22H26N2O5S/c1-17(21(25)23(2)19-11-5-3-6-12-19)29-22(26)18-10-9-13-20(16-18)30(27,28)24-14-7-4-8-15-24/h3,5-6,9-13,16-17H,4,7-8,14-15H2,1-2H3/t17-/m0/s1. The van der Waals surface area contributed by atoms with Crippen LogP contribution in [0.1, 0.15) is 36.5 Å². The van der Waals surface area contributed by atoms with E-state index in [1.807, 2.05) is 18.2 Å². The van der Waals surface area contributed by atoms with Crippen LogP contribution in [0.3, 0.4) is 0 Å². The summed E-state index contributed by atoms with van der Waals surface area (Å²) in [7, 11) is -2.06. The summed E-state index contributed by atoms with van der Waals surface area (Å²) in [5, 5.41) is 0. The van der Waals surface area contributed by atoms with E-state index in [1.165, 1.54) is 40.4 Å². The van der Waals surface area contributed by atoms with E-state index in [0.717, 1.165) is 19.3 Å². The molecule has 2 aromatic carbocycles. The molecule has 0 aromatic heterocycles. The van der Waals surface area contributed by atoms with E-state index in [1.54, 1.807) is 19.2 Å². The molecular formula is C22H26N2O5S. The van der Waals surface area contributed by atoms with Crippen LogP contribution in [0, 0.1) is 0 Å². The van der Waals surface area contributed by atoms with Gasteiger partial charge in [0.1, 0.15) is 0 Å². The Morgan fingerprint density at radius 3 is 2.33 bits per heavy atom. The third kappa shape index (κ3) is 4.88. The number of amides is 1. The van der Waals surface area contributed by atoms with Crippen molar-refractivity contribution in [3.8, 4) is 0 Å². The molecule has 1 saturated heterocycles. The van der Waals surface area contributed by atoms with Crippen molar-refractivity contribution in [3.63, 3.8) is 0 Å². The first-order valence-electron chi connectivity index (χ1n) is 9.94. The normalized spacial score (nSPS) is 15.9. The summed E-state index contributed by atoms with van der Waals surface area (Å²) in [6.07, 6.45) is 1.65. The van der Waals surface area contributed by atoms with Gasteiger partial charge in [0, 0.05) is 25.8 Å². The molecule has 1 amide bonds. The van der Waals surface area contributed by atoms with E-state index in [-0.39, 0.29) is 16.4 Å². The zero-order valence-corrected chi connectivity index (χ0v) is 18.0. The maximum absolute atomic E-state index is 12.9. The molecule has 3 rings (SSSR count). The van der Waals surface area contributed by atoms with Crippen LogP contribution in [0.5, 0.6) is 0 Å². The van der Waals surface area contributed by atoms with Gasteiger partial charge >= 0.3 is 5.97 Å². The second kappa shape index (κ2) is 9.40. The summed E-state index contributed by atoms with van der Waals surface area (Å²) in [6.45, 7) is 2.46. The van der Waals surface area contributed by atoms with Gasteiger partial charge in [0.2, 0.25) is 10.0 Å². The summed E-state index contributed by atoms with van der Waals surface area (Å²) in [5.74, 6) is -1.13. The Bertz CT molecular complexity index is 1000. The first-order chi connectivity index (χ1) is 14.3. The molecule has 0 N–H and O–H groups in total. The van der Waals surface area contributed by atoms with Crippen molar-refractivity contribution in [1.82, 2.24) is 4.31 Å². The zero-order chi connectivity index (χ0) is 21.7. The number of piperidine rings is 1. The molecule has 1 aliphatic rings. The van der Waals surface area contributed by atoms with E-state index in [2.05, 4.69) is 0 Å². The second-order valence-corrected chi connectivity index (χ2v) is 9.21. The summed E-state index contributed by atoms with van der Waals surface area (Å²) in [4.78, 5) is 26.6. The molecule has 1 atom stereocenters. The average Bonchev–Trinajstić information content (AvgIpc) is 2.79. The average molecular weight is 431 g/mol. The van der Waals surface area contributed by atoms with Gasteiger partial charge in [0.15, 0.2) is 6.10 Å². The van der Waals surface area contributed by atoms with Crippen LogP contribution in [0.25, 0.3) is 0 Å². The molecule has 7 nitrogen and oxygen atoms in total. The molecular weight excluding hydrogens is 404 g/mol. The molecule has 1 fully saturated rings. The number of carbonyl (C=O) groups excluding carboxylic acids is 2. The van der Waals surface area contributed by atoms with Crippen molar-refractivity contribution < 1.29 is 22.7 Å². The van der Waals surface area contributed by atoms with Crippen molar-refractivity contribution in [2.45, 2.75) is 37.2 Å². The topological polar surface area (TPSA) is 84.0 Å². The number of esters is 1. The van der Waals surface area contributed by atoms with E-state index < -0.39 is 22.1 Å². The number of hydrogen-bond acceptors (Lipinski definition) is 5. The predicted molar refractivity (Wildman–Crippen MR) is 114 cm³/mol. The van der Waals surface area contributed by atoms with Gasteiger partial charge in [0.25, 0.3) is 5.91 Å². The minimum Gasteiger partial charge on any atom is -0.449 e. The highest BCUT2D eigenvalue weighted by atomic mass is 32.2. The molecule has 2 aromatic rings. The van der Waals surface area contributed by atoms with Crippen molar-refractivity contribution >= 4 is 27.6 Å². The molecule has 0 unspecified atom stereocenters. The minimum absolute atomic E-state index is 0.0548. The molecule has 0 radical (unpaired) electrons. The van der Waals surface area contributed by atoms with Gasteiger partial charge < -0.3 is 9.64 Å². The fraction of sp³-hybridized carbons (Fsp3) is 0.364. The van der Waals surface area contributed by atoms with Gasteiger partial charge in [-0.15, -0.1) is 0 Å². The van der Waals surface area contributed by atoms with Gasteiger partial charge in [-0.2, -0.15) is 4.31 Å². The van der Waals surface area contributed by atoms with Crippen LogP contribution in [0.2, 0.25) is 0 Å². The molecule has 0 aliphatic carbocycles. The Kier molecular flexibility index (Phi) is 6.89. The lowest BCUT2D eigenvalue weighted by molar-refractivity contribution is -0.126. The number of rotatable bonds is 6. The lowest BCUT2D eigenvalue weighted by Gasteiger charge is -2.26. The largest absolute Gasteiger partial charge is 0.449 e. The Morgan fingerprint density at radius 2 is 1.67 bits per heavy atom. The van der Waals surface area contributed by atoms with Crippen molar-refractivity contribution in [3.05, 3.63) is 60.2 Å². The summed E-state index contributed by atoms with van der Waals surface area (Å²) >= 11 is 0. The fourth-order valence-corrected chi connectivity index (χ4v) is 4.93. The van der Waals surface area contributed by atoms with Crippen LogP contribution in [0.4, 0.5) is 5.69 Å². The van der Waals surface area contributed by atoms with Crippen molar-refractivity contribution in [2.75, 3.05) is 25.0 Å². The van der Waals surface area contributed by atoms with E-state index >= 15 is 0 Å². The van der Waals surface area contributed by atoms with Crippen molar-refractivity contribution in [2.24, 2.45) is 0 Å². The van der Waals surface area contributed by atoms with Crippen molar-refractivity contribution in [1.29, 1.82) is 0 Å². The van der Waals surface area contributed by atoms with Gasteiger partial charge in [-0.1, -0.05) is 30.7 Å². The molecule has 0 bridgehead atoms. The van der Waals surface area contributed by atoms with Crippen LogP contribution >= 0.6 is 0 Å². The molecule has 160 valence electrons. The summed E-state index contributed by atoms with van der Waals surface area (Å²) in [5.41, 5.74) is 0.773. The van der Waals surface area contributed by atoms with Crippen LogP contribution in [-0.2, 0) is 19.6 Å². The Hall–Kier alpha value is -2.71. The maximum atomic E-state index is 12.9. The van der Waals surface area contributed by atoms with E-state index in [4.69, 9.17) is 4.74 Å². The molecule has 1 aliphatic heterocycles. The van der Waals surface area contributed by atoms with Gasteiger partial charge in [-0.05, 0) is 50.1 Å². The predicted octanol–water partition coefficient (Wildman–Crippen LogP) is 3.07. The zero-order valence-electron chi connectivity index (χ0n) is 17.2. The third-order valence-electron chi connectivity index (χ3n) is 5.13. The third-order valence-corrected chi connectivity index (χ3v) is 7.02. The highest BCUT2D eigenvalue weighted by Crippen LogP contribution is 2.22. The summed E-state index contributed by atoms with van der Waals surface area (Å²) < 4.78 is 32.5. The number of anilines is 1. The minimum atomic E-state index is -3.66. The Morgan fingerprint density at radius 1 is 1.00 bits per heavy atom. The van der Waals surface area contributed by atoms with Gasteiger partial charge in [0.05, 0.1) is 10.5 Å². The Balaban J connectivity index is 1.71. The van der Waals surface area contributed by atoms with Crippen LogP contribution in [-0.4, -0.2) is 50.8 Å². The number of carbonyl (C=O) groups is 2. The second-order valence-electron chi connectivity index (χ2n) is 7.27. The van der Waals surface area contributed by atoms with E-state index in [0.29, 0.717) is 18.8 Å².